The molecule has 0 aliphatic rings. The van der Waals surface area contributed by atoms with E-state index in [0.717, 1.165) is 0 Å². The van der Waals surface area contributed by atoms with Gasteiger partial charge in [0.1, 0.15) is 5.56 Å². The predicted octanol–water partition coefficient (Wildman–Crippen LogP) is 2.75. The highest BCUT2D eigenvalue weighted by Gasteiger charge is 2.41. The van der Waals surface area contributed by atoms with E-state index in [-0.39, 0.29) is 10.3 Å². The Bertz CT molecular complexity index is 639. The number of alkyl halides is 3. The Morgan fingerprint density at radius 1 is 1.42 bits per heavy atom. The minimum absolute atomic E-state index is 0.137. The fraction of sp³-hybridized carbons (Fsp3) is 0.100. The summed E-state index contributed by atoms with van der Waals surface area (Å²) in [5.74, 6) is -1.84. The van der Waals surface area contributed by atoms with Crippen LogP contribution in [0.2, 0.25) is 0 Å². The van der Waals surface area contributed by atoms with Gasteiger partial charge in [0, 0.05) is 6.20 Å². The number of pyridine rings is 1. The van der Waals surface area contributed by atoms with Crippen LogP contribution in [-0.4, -0.2) is 25.8 Å². The van der Waals surface area contributed by atoms with Crippen molar-refractivity contribution in [3.63, 3.8) is 0 Å². The lowest BCUT2D eigenvalue weighted by Crippen LogP contribution is -2.18. The normalized spacial score (nSPS) is 11.6. The maximum absolute atomic E-state index is 13.0. The summed E-state index contributed by atoms with van der Waals surface area (Å²) in [5.41, 5.74) is -2.30. The smallest absolute Gasteiger partial charge is 0.434 e. The van der Waals surface area contributed by atoms with Crippen molar-refractivity contribution in [3.8, 4) is 5.82 Å². The third kappa shape index (κ3) is 2.46. The summed E-state index contributed by atoms with van der Waals surface area (Å²) in [6.07, 6.45) is -2.93. The Labute approximate surface area is 112 Å². The van der Waals surface area contributed by atoms with Crippen molar-refractivity contribution >= 4 is 21.9 Å². The minimum Gasteiger partial charge on any atom is -0.478 e. The Kier molecular flexibility index (Phi) is 3.31. The molecule has 0 aliphatic carbocycles. The third-order valence-electron chi connectivity index (χ3n) is 2.21. The molecule has 0 radical (unpaired) electrons. The van der Waals surface area contributed by atoms with Crippen LogP contribution in [0.15, 0.2) is 29.0 Å². The molecule has 2 aromatic rings. The molecular weight excluding hydrogens is 331 g/mol. The lowest BCUT2D eigenvalue weighted by molar-refractivity contribution is -0.143. The lowest BCUT2D eigenvalue weighted by atomic mass is 10.2. The number of aromatic carboxylic acids is 1. The van der Waals surface area contributed by atoms with Crippen LogP contribution in [-0.2, 0) is 6.18 Å². The van der Waals surface area contributed by atoms with Crippen molar-refractivity contribution in [2.45, 2.75) is 6.18 Å². The summed E-state index contributed by atoms with van der Waals surface area (Å²) in [7, 11) is 0. The molecule has 0 aromatic carbocycles. The average Bonchev–Trinajstić information content (AvgIpc) is 2.73. The van der Waals surface area contributed by atoms with E-state index in [1.54, 1.807) is 0 Å². The van der Waals surface area contributed by atoms with E-state index < -0.39 is 23.4 Å². The van der Waals surface area contributed by atoms with Crippen LogP contribution in [0.25, 0.3) is 5.82 Å². The zero-order valence-corrected chi connectivity index (χ0v) is 10.6. The van der Waals surface area contributed by atoms with E-state index >= 15 is 0 Å². The van der Waals surface area contributed by atoms with Crippen LogP contribution in [0.1, 0.15) is 16.1 Å². The monoisotopic (exact) mass is 335 g/mol. The number of rotatable bonds is 2. The molecule has 9 heteroatoms. The van der Waals surface area contributed by atoms with Gasteiger partial charge in [0.15, 0.2) is 11.5 Å². The quantitative estimate of drug-likeness (QED) is 0.916. The molecule has 1 N–H and O–H groups in total. The molecule has 0 spiro atoms. The van der Waals surface area contributed by atoms with Crippen molar-refractivity contribution < 1.29 is 23.1 Å². The van der Waals surface area contributed by atoms with Gasteiger partial charge in [-0.05, 0) is 28.1 Å². The number of carbonyl (C=O) groups is 1. The molecule has 2 heterocycles. The molecule has 0 amide bonds. The summed E-state index contributed by atoms with van der Waals surface area (Å²) in [6.45, 7) is 0. The summed E-state index contributed by atoms with van der Waals surface area (Å²) in [4.78, 5) is 14.6. The summed E-state index contributed by atoms with van der Waals surface area (Å²) in [5, 5.41) is 12.2. The number of aromatic nitrogens is 3. The third-order valence-corrected chi connectivity index (χ3v) is 2.83. The highest BCUT2D eigenvalue weighted by atomic mass is 79.9. The SMILES string of the molecule is O=C(O)c1cnn(-c2ncccc2Br)c1C(F)(F)F. The van der Waals surface area contributed by atoms with E-state index in [4.69, 9.17) is 5.11 Å². The van der Waals surface area contributed by atoms with Crippen LogP contribution in [0.4, 0.5) is 13.2 Å². The molecule has 0 unspecified atom stereocenters. The molecule has 0 saturated heterocycles. The topological polar surface area (TPSA) is 68.0 Å². The maximum Gasteiger partial charge on any atom is 0.434 e. The average molecular weight is 336 g/mol. The Balaban J connectivity index is 2.73. The maximum atomic E-state index is 13.0. The van der Waals surface area contributed by atoms with E-state index in [2.05, 4.69) is 26.0 Å². The van der Waals surface area contributed by atoms with Crippen molar-refractivity contribution in [1.82, 2.24) is 14.8 Å². The van der Waals surface area contributed by atoms with Gasteiger partial charge in [0.2, 0.25) is 0 Å². The van der Waals surface area contributed by atoms with Crippen LogP contribution in [0, 0.1) is 0 Å². The number of nitrogens with zero attached hydrogens (tertiary/aromatic N) is 3. The first kappa shape index (κ1) is 13.5. The number of carboxylic acids is 1. The molecule has 100 valence electrons. The molecular formula is C10H5BrF3N3O2. The van der Waals surface area contributed by atoms with Crippen LogP contribution in [0.5, 0.6) is 0 Å². The molecule has 5 nitrogen and oxygen atoms in total. The standard InChI is InChI=1S/C10H5BrF3N3O2/c11-6-2-1-3-15-8(6)17-7(10(12,13)14)5(4-16-17)9(18)19/h1-4H,(H,18,19). The summed E-state index contributed by atoms with van der Waals surface area (Å²) < 4.78 is 39.6. The van der Waals surface area contributed by atoms with Gasteiger partial charge in [-0.3, -0.25) is 0 Å². The van der Waals surface area contributed by atoms with Crippen molar-refractivity contribution in [3.05, 3.63) is 40.3 Å². The first-order valence-corrected chi connectivity index (χ1v) is 5.61. The number of halogens is 4. The second-order valence-corrected chi connectivity index (χ2v) is 4.28. The second-order valence-electron chi connectivity index (χ2n) is 3.43. The first-order valence-electron chi connectivity index (χ1n) is 4.81. The van der Waals surface area contributed by atoms with Gasteiger partial charge in [0.25, 0.3) is 0 Å². The molecule has 0 atom stereocenters. The van der Waals surface area contributed by atoms with Crippen LogP contribution < -0.4 is 0 Å². The zero-order chi connectivity index (χ0) is 14.2. The fourth-order valence-corrected chi connectivity index (χ4v) is 1.89. The molecule has 0 aliphatic heterocycles. The summed E-state index contributed by atoms with van der Waals surface area (Å²) >= 11 is 3.04. The van der Waals surface area contributed by atoms with Gasteiger partial charge >= 0.3 is 12.1 Å². The number of carboxylic acid groups (broad SMARTS) is 1. The Morgan fingerprint density at radius 3 is 2.63 bits per heavy atom. The van der Waals surface area contributed by atoms with Gasteiger partial charge in [-0.2, -0.15) is 18.3 Å². The van der Waals surface area contributed by atoms with Crippen LogP contribution >= 0.6 is 15.9 Å². The highest BCUT2D eigenvalue weighted by Crippen LogP contribution is 2.34. The molecule has 2 rings (SSSR count). The molecule has 2 aromatic heterocycles. The van der Waals surface area contributed by atoms with Gasteiger partial charge in [-0.1, -0.05) is 0 Å². The van der Waals surface area contributed by atoms with E-state index in [0.29, 0.717) is 10.9 Å². The van der Waals surface area contributed by atoms with E-state index in [1.165, 1.54) is 18.3 Å². The van der Waals surface area contributed by atoms with Gasteiger partial charge in [-0.25, -0.2) is 14.5 Å². The van der Waals surface area contributed by atoms with Gasteiger partial charge < -0.3 is 5.11 Å². The first-order chi connectivity index (χ1) is 8.82. The zero-order valence-electron chi connectivity index (χ0n) is 9.02. The fourth-order valence-electron chi connectivity index (χ4n) is 1.47. The predicted molar refractivity (Wildman–Crippen MR) is 61.0 cm³/mol. The number of hydrogen-bond acceptors (Lipinski definition) is 3. The molecule has 0 bridgehead atoms. The Morgan fingerprint density at radius 2 is 2.11 bits per heavy atom. The molecule has 0 fully saturated rings. The van der Waals surface area contributed by atoms with Gasteiger partial charge in [-0.15, -0.1) is 0 Å². The van der Waals surface area contributed by atoms with Gasteiger partial charge in [0.05, 0.1) is 10.7 Å². The number of hydrogen-bond donors (Lipinski definition) is 1. The lowest BCUT2D eigenvalue weighted by Gasteiger charge is -2.11. The van der Waals surface area contributed by atoms with Crippen molar-refractivity contribution in [1.29, 1.82) is 0 Å². The molecule has 19 heavy (non-hydrogen) atoms. The second kappa shape index (κ2) is 4.65. The summed E-state index contributed by atoms with van der Waals surface area (Å²) in [6, 6.07) is 2.99. The molecule has 0 saturated carbocycles. The Hall–Kier alpha value is -1.90. The van der Waals surface area contributed by atoms with E-state index in [1.807, 2.05) is 0 Å². The van der Waals surface area contributed by atoms with Crippen LogP contribution in [0.3, 0.4) is 0 Å². The minimum atomic E-state index is -4.86. The van der Waals surface area contributed by atoms with Crippen molar-refractivity contribution in [2.75, 3.05) is 0 Å². The largest absolute Gasteiger partial charge is 0.478 e. The van der Waals surface area contributed by atoms with Crippen molar-refractivity contribution in [2.24, 2.45) is 0 Å². The highest BCUT2D eigenvalue weighted by molar-refractivity contribution is 9.10. The van der Waals surface area contributed by atoms with E-state index in [9.17, 15) is 18.0 Å².